The number of alkyl halides is 2. The molecule has 2 heteroatoms. The van der Waals surface area contributed by atoms with E-state index in [1.807, 2.05) is 6.92 Å². The summed E-state index contributed by atoms with van der Waals surface area (Å²) in [6, 6.07) is 0. The molecule has 0 aliphatic carbocycles. The third-order valence-corrected chi connectivity index (χ3v) is 4.65. The van der Waals surface area contributed by atoms with Crippen LogP contribution in [0.25, 0.3) is 0 Å². The smallest absolute Gasteiger partial charge is 0.102 e. The molecule has 0 saturated heterocycles. The van der Waals surface area contributed by atoms with E-state index in [0.717, 1.165) is 0 Å². The van der Waals surface area contributed by atoms with Crippen LogP contribution in [0.2, 0.25) is 0 Å². The fourth-order valence-electron chi connectivity index (χ4n) is 2.64. The number of halogens is 2. The summed E-state index contributed by atoms with van der Waals surface area (Å²) in [5.41, 5.74) is 0. The Morgan fingerprint density at radius 1 is 0.684 bits per heavy atom. The van der Waals surface area contributed by atoms with Crippen LogP contribution in [-0.4, -0.2) is 4.33 Å². The fourth-order valence-corrected chi connectivity index (χ4v) is 3.08. The maximum atomic E-state index is 6.34. The molecule has 0 aromatic carbocycles. The van der Waals surface area contributed by atoms with Crippen molar-refractivity contribution in [2.75, 3.05) is 0 Å². The van der Waals surface area contributed by atoms with Crippen LogP contribution in [0, 0.1) is 5.92 Å². The Morgan fingerprint density at radius 2 is 1.05 bits per heavy atom. The van der Waals surface area contributed by atoms with E-state index in [9.17, 15) is 0 Å². The molecule has 116 valence electrons. The number of hydrogen-bond donors (Lipinski definition) is 0. The zero-order valence-electron chi connectivity index (χ0n) is 13.3. The standard InChI is InChI=1S/C17H34Cl2/c1-4-6-8-10-11-13-15-16(17(3,18)19)14-12-9-7-5-2/h16H,4-15H2,1-3H3. The van der Waals surface area contributed by atoms with Crippen molar-refractivity contribution in [1.82, 2.24) is 0 Å². The molecular formula is C17H34Cl2. The molecule has 0 N–H and O–H groups in total. The molecule has 0 nitrogen and oxygen atoms in total. The van der Waals surface area contributed by atoms with Crippen molar-refractivity contribution in [3.05, 3.63) is 0 Å². The minimum Gasteiger partial charge on any atom is -0.102 e. The first kappa shape index (κ1) is 19.6. The third-order valence-electron chi connectivity index (χ3n) is 4.03. The molecule has 19 heavy (non-hydrogen) atoms. The van der Waals surface area contributed by atoms with E-state index in [-0.39, 0.29) is 0 Å². The molecule has 1 unspecified atom stereocenters. The SMILES string of the molecule is CCCCCCCCC(CCCCCC)C(C)(Cl)Cl. The first-order chi connectivity index (χ1) is 9.02. The van der Waals surface area contributed by atoms with Crippen LogP contribution in [0.3, 0.4) is 0 Å². The molecule has 0 fully saturated rings. The first-order valence-corrected chi connectivity index (χ1v) is 9.15. The van der Waals surface area contributed by atoms with Gasteiger partial charge in [0.05, 0.1) is 0 Å². The van der Waals surface area contributed by atoms with Crippen LogP contribution in [-0.2, 0) is 0 Å². The molecular weight excluding hydrogens is 275 g/mol. The lowest BCUT2D eigenvalue weighted by Gasteiger charge is -2.26. The molecule has 0 amide bonds. The van der Waals surface area contributed by atoms with Crippen LogP contribution in [0.5, 0.6) is 0 Å². The Balaban J connectivity index is 3.75. The lowest BCUT2D eigenvalue weighted by atomic mass is 9.91. The van der Waals surface area contributed by atoms with E-state index < -0.39 is 4.33 Å². The number of rotatable bonds is 13. The second kappa shape index (κ2) is 12.3. The minimum absolute atomic E-state index is 0.471. The monoisotopic (exact) mass is 308 g/mol. The van der Waals surface area contributed by atoms with Gasteiger partial charge in [-0.3, -0.25) is 0 Å². The van der Waals surface area contributed by atoms with Gasteiger partial charge < -0.3 is 0 Å². The zero-order valence-corrected chi connectivity index (χ0v) is 14.8. The second-order valence-electron chi connectivity index (χ2n) is 6.06. The summed E-state index contributed by atoms with van der Waals surface area (Å²) in [5.74, 6) is 0.471. The molecule has 0 radical (unpaired) electrons. The topological polar surface area (TPSA) is 0 Å². The average molecular weight is 309 g/mol. The van der Waals surface area contributed by atoms with Gasteiger partial charge in [-0.15, -0.1) is 23.2 Å². The molecule has 0 rings (SSSR count). The predicted molar refractivity (Wildman–Crippen MR) is 90.4 cm³/mol. The molecule has 0 bridgehead atoms. The summed E-state index contributed by atoms with van der Waals surface area (Å²) in [6.07, 6.45) is 15.7. The highest BCUT2D eigenvalue weighted by Crippen LogP contribution is 2.37. The highest BCUT2D eigenvalue weighted by Gasteiger charge is 2.28. The summed E-state index contributed by atoms with van der Waals surface area (Å²) < 4.78 is -0.546. The maximum absolute atomic E-state index is 6.34. The molecule has 0 saturated carbocycles. The highest BCUT2D eigenvalue weighted by molar-refractivity contribution is 6.48. The Labute approximate surface area is 131 Å². The van der Waals surface area contributed by atoms with Crippen molar-refractivity contribution in [2.24, 2.45) is 5.92 Å². The van der Waals surface area contributed by atoms with Gasteiger partial charge in [-0.05, 0) is 25.7 Å². The van der Waals surface area contributed by atoms with Crippen LogP contribution in [0.1, 0.15) is 97.8 Å². The molecule has 0 aliphatic heterocycles. The van der Waals surface area contributed by atoms with Gasteiger partial charge >= 0.3 is 0 Å². The van der Waals surface area contributed by atoms with Crippen molar-refractivity contribution in [2.45, 2.75) is 102 Å². The minimum atomic E-state index is -0.546. The molecule has 0 aromatic rings. The van der Waals surface area contributed by atoms with Gasteiger partial charge in [0, 0.05) is 0 Å². The van der Waals surface area contributed by atoms with Crippen molar-refractivity contribution in [3.63, 3.8) is 0 Å². The third kappa shape index (κ3) is 12.1. The van der Waals surface area contributed by atoms with Gasteiger partial charge in [-0.25, -0.2) is 0 Å². The molecule has 0 aliphatic rings. The van der Waals surface area contributed by atoms with Gasteiger partial charge in [0.2, 0.25) is 0 Å². The number of unbranched alkanes of at least 4 members (excludes halogenated alkanes) is 8. The quantitative estimate of drug-likeness (QED) is 0.244. The van der Waals surface area contributed by atoms with E-state index in [1.165, 1.54) is 77.0 Å². The predicted octanol–water partition coefficient (Wildman–Crippen LogP) is 7.52. The van der Waals surface area contributed by atoms with Gasteiger partial charge in [-0.2, -0.15) is 0 Å². The van der Waals surface area contributed by atoms with Crippen molar-refractivity contribution < 1.29 is 0 Å². The van der Waals surface area contributed by atoms with Gasteiger partial charge in [0.25, 0.3) is 0 Å². The summed E-state index contributed by atoms with van der Waals surface area (Å²) >= 11 is 12.7. The second-order valence-corrected chi connectivity index (χ2v) is 7.82. The van der Waals surface area contributed by atoms with E-state index in [4.69, 9.17) is 23.2 Å². The van der Waals surface area contributed by atoms with E-state index in [2.05, 4.69) is 13.8 Å². The maximum Gasteiger partial charge on any atom is 0.118 e. The zero-order chi connectivity index (χ0) is 14.6. The molecule has 0 spiro atoms. The van der Waals surface area contributed by atoms with Crippen LogP contribution in [0.15, 0.2) is 0 Å². The van der Waals surface area contributed by atoms with Crippen LogP contribution in [0.4, 0.5) is 0 Å². The summed E-state index contributed by atoms with van der Waals surface area (Å²) in [5, 5.41) is 0. The van der Waals surface area contributed by atoms with E-state index >= 15 is 0 Å². The first-order valence-electron chi connectivity index (χ1n) is 8.40. The van der Waals surface area contributed by atoms with Gasteiger partial charge in [-0.1, -0.05) is 78.1 Å². The lowest BCUT2D eigenvalue weighted by Crippen LogP contribution is -2.22. The van der Waals surface area contributed by atoms with E-state index in [1.54, 1.807) is 0 Å². The van der Waals surface area contributed by atoms with Gasteiger partial charge in [0.15, 0.2) is 0 Å². The Hall–Kier alpha value is 0.580. The Kier molecular flexibility index (Phi) is 12.7. The van der Waals surface area contributed by atoms with Crippen LogP contribution < -0.4 is 0 Å². The Morgan fingerprint density at radius 3 is 1.47 bits per heavy atom. The summed E-state index contributed by atoms with van der Waals surface area (Å²) in [4.78, 5) is 0. The largest absolute Gasteiger partial charge is 0.118 e. The fraction of sp³-hybridized carbons (Fsp3) is 1.00. The van der Waals surface area contributed by atoms with E-state index in [0.29, 0.717) is 5.92 Å². The van der Waals surface area contributed by atoms with Crippen molar-refractivity contribution in [3.8, 4) is 0 Å². The average Bonchev–Trinajstić information content (AvgIpc) is 2.34. The summed E-state index contributed by atoms with van der Waals surface area (Å²) in [7, 11) is 0. The normalized spacial score (nSPS) is 13.7. The summed E-state index contributed by atoms with van der Waals surface area (Å²) in [6.45, 7) is 6.48. The van der Waals surface area contributed by atoms with Gasteiger partial charge in [0.1, 0.15) is 4.33 Å². The highest BCUT2D eigenvalue weighted by atomic mass is 35.5. The van der Waals surface area contributed by atoms with Crippen molar-refractivity contribution in [1.29, 1.82) is 0 Å². The lowest BCUT2D eigenvalue weighted by molar-refractivity contribution is 0.378. The molecule has 0 heterocycles. The molecule has 1 atom stereocenters. The Bertz CT molecular complexity index is 184. The molecule has 0 aromatic heterocycles. The van der Waals surface area contributed by atoms with Crippen LogP contribution >= 0.6 is 23.2 Å². The number of hydrogen-bond acceptors (Lipinski definition) is 0. The van der Waals surface area contributed by atoms with Crippen molar-refractivity contribution >= 4 is 23.2 Å².